The molecule has 0 aliphatic carbocycles. The van der Waals surface area contributed by atoms with Crippen LogP contribution in [0.25, 0.3) is 11.2 Å². The molecule has 5 nitrogen and oxygen atoms in total. The fourth-order valence-corrected chi connectivity index (χ4v) is 3.68. The lowest BCUT2D eigenvalue weighted by Crippen LogP contribution is -2.42. The normalized spacial score (nSPS) is 15.0. The van der Waals surface area contributed by atoms with Gasteiger partial charge in [0.25, 0.3) is 0 Å². The summed E-state index contributed by atoms with van der Waals surface area (Å²) in [5.41, 5.74) is 4.33. The predicted molar refractivity (Wildman–Crippen MR) is 104 cm³/mol. The molecule has 2 aromatic rings. The Kier molecular flexibility index (Phi) is 5.20. The lowest BCUT2D eigenvalue weighted by Gasteiger charge is -2.32. The van der Waals surface area contributed by atoms with Gasteiger partial charge in [0, 0.05) is 42.4 Å². The van der Waals surface area contributed by atoms with Crippen LogP contribution in [0.4, 0.5) is 0 Å². The molecular formula is C19H24BrN3O2. The van der Waals surface area contributed by atoms with Crippen LogP contribution in [0.3, 0.4) is 0 Å². The molecule has 0 atom stereocenters. The summed E-state index contributed by atoms with van der Waals surface area (Å²) in [5, 5.41) is 3.36. The van der Waals surface area contributed by atoms with Gasteiger partial charge in [-0.15, -0.1) is 0 Å². The van der Waals surface area contributed by atoms with Crippen molar-refractivity contribution in [3.63, 3.8) is 0 Å². The number of fused-ring (bicyclic) bond motifs is 1. The van der Waals surface area contributed by atoms with E-state index < -0.39 is 0 Å². The third kappa shape index (κ3) is 3.60. The third-order valence-corrected chi connectivity index (χ3v) is 4.88. The van der Waals surface area contributed by atoms with Crippen molar-refractivity contribution in [1.29, 1.82) is 0 Å². The lowest BCUT2D eigenvalue weighted by atomic mass is 10.0. The number of piperazine rings is 1. The minimum Gasteiger partial charge on any atom is -0.459 e. The Morgan fingerprint density at radius 1 is 1.32 bits per heavy atom. The van der Waals surface area contributed by atoms with Crippen molar-refractivity contribution in [2.24, 2.45) is 0 Å². The van der Waals surface area contributed by atoms with Crippen molar-refractivity contribution in [2.75, 3.05) is 26.2 Å². The summed E-state index contributed by atoms with van der Waals surface area (Å²) in [7, 11) is 0. The van der Waals surface area contributed by atoms with Crippen molar-refractivity contribution < 1.29 is 9.53 Å². The second-order valence-corrected chi connectivity index (χ2v) is 7.54. The lowest BCUT2D eigenvalue weighted by molar-refractivity contribution is 0.0377. The van der Waals surface area contributed by atoms with Crippen LogP contribution in [0, 0.1) is 6.92 Å². The molecule has 1 aliphatic rings. The average Bonchev–Trinajstić information content (AvgIpc) is 2.93. The van der Waals surface area contributed by atoms with E-state index in [1.54, 1.807) is 0 Å². The van der Waals surface area contributed by atoms with Crippen molar-refractivity contribution >= 4 is 33.1 Å². The van der Waals surface area contributed by atoms with Crippen LogP contribution >= 0.6 is 15.9 Å². The molecule has 1 saturated heterocycles. The van der Waals surface area contributed by atoms with E-state index in [1.807, 2.05) is 39.1 Å². The van der Waals surface area contributed by atoms with Gasteiger partial charge in [-0.1, -0.05) is 6.58 Å². The zero-order chi connectivity index (χ0) is 18.1. The number of aromatic nitrogens is 1. The Hall–Kier alpha value is -1.79. The van der Waals surface area contributed by atoms with Gasteiger partial charge in [0.05, 0.1) is 23.1 Å². The highest BCUT2D eigenvalue weighted by atomic mass is 79.9. The van der Waals surface area contributed by atoms with Crippen molar-refractivity contribution in [3.05, 3.63) is 46.2 Å². The molecule has 1 N–H and O–H groups in total. The number of carbonyl (C=O) groups is 1. The minimum absolute atomic E-state index is 0.151. The van der Waals surface area contributed by atoms with E-state index in [0.717, 1.165) is 53.1 Å². The van der Waals surface area contributed by atoms with Gasteiger partial charge in [-0.3, -0.25) is 0 Å². The standard InChI is InChI=1S/C19H24BrN3O2/c1-12(2)25-19(24)17-10-16-9-15(20)11-23(16)18(13(17)3)14(4)22-7-5-21-6-8-22/h9-12,21H,4-8H2,1-3H3. The van der Waals surface area contributed by atoms with Gasteiger partial charge in [-0.25, -0.2) is 4.79 Å². The summed E-state index contributed by atoms with van der Waals surface area (Å²) in [5.74, 6) is -0.290. The SMILES string of the molecule is C=C(c1c(C)c(C(=O)OC(C)C)cc2cc(Br)cn12)N1CCNCC1. The highest BCUT2D eigenvalue weighted by Crippen LogP contribution is 2.29. The molecule has 1 aliphatic heterocycles. The van der Waals surface area contributed by atoms with Crippen molar-refractivity contribution in [3.8, 4) is 0 Å². The fraction of sp³-hybridized carbons (Fsp3) is 0.421. The zero-order valence-electron chi connectivity index (χ0n) is 14.9. The monoisotopic (exact) mass is 405 g/mol. The van der Waals surface area contributed by atoms with E-state index in [1.165, 1.54) is 0 Å². The second kappa shape index (κ2) is 7.22. The highest BCUT2D eigenvalue weighted by molar-refractivity contribution is 9.10. The molecule has 2 aromatic heterocycles. The van der Waals surface area contributed by atoms with Gasteiger partial charge in [0.1, 0.15) is 0 Å². The third-order valence-electron chi connectivity index (χ3n) is 4.44. The smallest absolute Gasteiger partial charge is 0.338 e. The maximum Gasteiger partial charge on any atom is 0.338 e. The molecule has 0 spiro atoms. The Morgan fingerprint density at radius 2 is 2.00 bits per heavy atom. The largest absolute Gasteiger partial charge is 0.459 e. The first kappa shape index (κ1) is 18.0. The number of nitrogens with one attached hydrogen (secondary N) is 1. The maximum absolute atomic E-state index is 12.6. The summed E-state index contributed by atoms with van der Waals surface area (Å²) >= 11 is 3.54. The molecule has 0 amide bonds. The Bertz CT molecular complexity index is 820. The quantitative estimate of drug-likeness (QED) is 0.791. The van der Waals surface area contributed by atoms with E-state index >= 15 is 0 Å². The van der Waals surface area contributed by atoms with E-state index in [-0.39, 0.29) is 12.1 Å². The molecule has 6 heteroatoms. The van der Waals surface area contributed by atoms with Gasteiger partial charge >= 0.3 is 5.97 Å². The van der Waals surface area contributed by atoms with Gasteiger partial charge in [-0.05, 0) is 54.4 Å². The molecule has 134 valence electrons. The molecular weight excluding hydrogens is 382 g/mol. The Morgan fingerprint density at radius 3 is 2.64 bits per heavy atom. The number of hydrogen-bond acceptors (Lipinski definition) is 4. The number of esters is 1. The number of pyridine rings is 1. The molecule has 0 unspecified atom stereocenters. The Balaban J connectivity index is 2.12. The van der Waals surface area contributed by atoms with Gasteiger partial charge in [-0.2, -0.15) is 0 Å². The summed E-state index contributed by atoms with van der Waals surface area (Å²) in [4.78, 5) is 14.8. The number of ether oxygens (including phenoxy) is 1. The van der Waals surface area contributed by atoms with Gasteiger partial charge in [0.15, 0.2) is 0 Å². The van der Waals surface area contributed by atoms with Crippen LogP contribution in [0.2, 0.25) is 0 Å². The van der Waals surface area contributed by atoms with E-state index in [9.17, 15) is 4.79 Å². The van der Waals surface area contributed by atoms with Crippen LogP contribution < -0.4 is 5.32 Å². The number of carbonyl (C=O) groups excluding carboxylic acids is 1. The molecule has 3 heterocycles. The summed E-state index contributed by atoms with van der Waals surface area (Å²) in [6.07, 6.45) is 1.87. The van der Waals surface area contributed by atoms with E-state index in [4.69, 9.17) is 4.74 Å². The molecule has 0 aromatic carbocycles. The summed E-state index contributed by atoms with van der Waals surface area (Å²) in [6.45, 7) is 13.7. The molecule has 0 radical (unpaired) electrons. The summed E-state index contributed by atoms with van der Waals surface area (Å²) < 4.78 is 8.50. The topological polar surface area (TPSA) is 46.0 Å². The van der Waals surface area contributed by atoms with Crippen LogP contribution in [0.15, 0.2) is 29.4 Å². The summed E-state index contributed by atoms with van der Waals surface area (Å²) in [6, 6.07) is 3.89. The number of nitrogens with zero attached hydrogens (tertiary/aromatic N) is 2. The predicted octanol–water partition coefficient (Wildman–Crippen LogP) is 3.45. The van der Waals surface area contributed by atoms with Crippen molar-refractivity contribution in [1.82, 2.24) is 14.6 Å². The molecule has 3 rings (SSSR count). The second-order valence-electron chi connectivity index (χ2n) is 6.62. The van der Waals surface area contributed by atoms with Crippen LogP contribution in [0.1, 0.15) is 35.5 Å². The molecule has 25 heavy (non-hydrogen) atoms. The molecule has 1 fully saturated rings. The molecule has 0 bridgehead atoms. The maximum atomic E-state index is 12.6. The van der Waals surface area contributed by atoms with Gasteiger partial charge < -0.3 is 19.4 Å². The zero-order valence-corrected chi connectivity index (χ0v) is 16.5. The average molecular weight is 406 g/mol. The van der Waals surface area contributed by atoms with Crippen molar-refractivity contribution in [2.45, 2.75) is 26.9 Å². The van der Waals surface area contributed by atoms with Crippen LogP contribution in [0.5, 0.6) is 0 Å². The van der Waals surface area contributed by atoms with E-state index in [0.29, 0.717) is 5.56 Å². The van der Waals surface area contributed by atoms with Crippen LogP contribution in [-0.2, 0) is 4.74 Å². The first-order valence-corrected chi connectivity index (χ1v) is 9.35. The Labute approximate surface area is 156 Å². The van der Waals surface area contributed by atoms with Crippen LogP contribution in [-0.4, -0.2) is 47.6 Å². The highest BCUT2D eigenvalue weighted by Gasteiger charge is 2.23. The first-order chi connectivity index (χ1) is 11.9. The molecule has 0 saturated carbocycles. The number of rotatable bonds is 4. The first-order valence-electron chi connectivity index (χ1n) is 8.55. The minimum atomic E-state index is -0.290. The van der Waals surface area contributed by atoms with Gasteiger partial charge in [0.2, 0.25) is 0 Å². The fourth-order valence-electron chi connectivity index (χ4n) is 3.24. The van der Waals surface area contributed by atoms with E-state index in [2.05, 4.69) is 37.1 Å². The number of hydrogen-bond donors (Lipinski definition) is 1. The number of halogens is 1.